The van der Waals surface area contributed by atoms with Crippen LogP contribution in [0, 0.1) is 17.4 Å². The first-order chi connectivity index (χ1) is 9.04. The Morgan fingerprint density at radius 2 is 1.89 bits per heavy atom. The minimum atomic E-state index is 0.640. The van der Waals surface area contributed by atoms with E-state index in [1.54, 1.807) is 0 Å². The normalized spacial score (nSPS) is 11.1. The third kappa shape index (κ3) is 2.20. The van der Waals surface area contributed by atoms with Crippen molar-refractivity contribution in [2.45, 2.75) is 13.8 Å². The quantitative estimate of drug-likeness (QED) is 0.518. The van der Waals surface area contributed by atoms with Crippen LogP contribution >= 0.6 is 22.6 Å². The largest absolute Gasteiger partial charge is 0.436 e. The van der Waals surface area contributed by atoms with Crippen molar-refractivity contribution in [1.82, 2.24) is 4.98 Å². The molecule has 96 valence electrons. The first-order valence-electron chi connectivity index (χ1n) is 5.98. The van der Waals surface area contributed by atoms with Gasteiger partial charge in [-0.25, -0.2) is 4.98 Å². The summed E-state index contributed by atoms with van der Waals surface area (Å²) in [5.41, 5.74) is 11.4. The number of anilines is 1. The van der Waals surface area contributed by atoms with Crippen LogP contribution in [0.15, 0.2) is 34.7 Å². The molecule has 3 aromatic rings. The van der Waals surface area contributed by atoms with E-state index in [1.165, 1.54) is 9.13 Å². The molecule has 0 radical (unpaired) electrons. The van der Waals surface area contributed by atoms with Gasteiger partial charge in [0, 0.05) is 14.8 Å². The molecule has 19 heavy (non-hydrogen) atoms. The molecule has 1 heterocycles. The van der Waals surface area contributed by atoms with Crippen LogP contribution in [-0.4, -0.2) is 4.98 Å². The fourth-order valence-corrected chi connectivity index (χ4v) is 2.59. The van der Waals surface area contributed by atoms with Gasteiger partial charge < -0.3 is 10.2 Å². The number of oxazole rings is 1. The van der Waals surface area contributed by atoms with E-state index in [4.69, 9.17) is 10.2 Å². The fourth-order valence-electron chi connectivity index (χ4n) is 2.08. The summed E-state index contributed by atoms with van der Waals surface area (Å²) in [6.45, 7) is 4.06. The molecule has 0 aliphatic rings. The molecule has 0 amide bonds. The highest BCUT2D eigenvalue weighted by atomic mass is 127. The SMILES string of the molecule is Cc1ccc(-c2nc3cc(N)cc(C)c3o2)cc1I. The van der Waals surface area contributed by atoms with E-state index in [9.17, 15) is 0 Å². The van der Waals surface area contributed by atoms with E-state index in [0.29, 0.717) is 11.6 Å². The third-order valence-corrected chi connectivity index (χ3v) is 4.28. The number of hydrogen-bond acceptors (Lipinski definition) is 3. The van der Waals surface area contributed by atoms with Crippen molar-refractivity contribution in [3.63, 3.8) is 0 Å². The smallest absolute Gasteiger partial charge is 0.227 e. The number of aryl methyl sites for hydroxylation is 2. The summed E-state index contributed by atoms with van der Waals surface area (Å²) in [5.74, 6) is 0.640. The second kappa shape index (κ2) is 4.52. The molecule has 2 aromatic carbocycles. The highest BCUT2D eigenvalue weighted by Gasteiger charge is 2.11. The van der Waals surface area contributed by atoms with Gasteiger partial charge >= 0.3 is 0 Å². The van der Waals surface area contributed by atoms with Crippen molar-refractivity contribution in [2.75, 3.05) is 5.73 Å². The molecule has 0 saturated heterocycles. The Hall–Kier alpha value is -1.56. The number of nitrogens with two attached hydrogens (primary N) is 1. The van der Waals surface area contributed by atoms with Gasteiger partial charge in [-0.3, -0.25) is 0 Å². The molecule has 0 saturated carbocycles. The van der Waals surface area contributed by atoms with Crippen molar-refractivity contribution in [1.29, 1.82) is 0 Å². The van der Waals surface area contributed by atoms with E-state index in [0.717, 1.165) is 22.2 Å². The lowest BCUT2D eigenvalue weighted by molar-refractivity contribution is 0.617. The minimum absolute atomic E-state index is 0.640. The van der Waals surface area contributed by atoms with E-state index < -0.39 is 0 Å². The second-order valence-electron chi connectivity index (χ2n) is 4.67. The molecule has 0 aliphatic heterocycles. The topological polar surface area (TPSA) is 52.0 Å². The maximum absolute atomic E-state index is 5.86. The van der Waals surface area contributed by atoms with Crippen LogP contribution in [-0.2, 0) is 0 Å². The first-order valence-corrected chi connectivity index (χ1v) is 7.05. The monoisotopic (exact) mass is 364 g/mol. The van der Waals surface area contributed by atoms with Crippen molar-refractivity contribution in [3.05, 3.63) is 45.0 Å². The summed E-state index contributed by atoms with van der Waals surface area (Å²) >= 11 is 2.32. The van der Waals surface area contributed by atoms with Crippen LogP contribution in [0.25, 0.3) is 22.6 Å². The van der Waals surface area contributed by atoms with Gasteiger partial charge in [0.1, 0.15) is 5.52 Å². The number of benzene rings is 2. The molecule has 0 spiro atoms. The molecule has 2 N–H and O–H groups in total. The second-order valence-corrected chi connectivity index (χ2v) is 5.83. The third-order valence-electron chi connectivity index (χ3n) is 3.12. The maximum atomic E-state index is 5.86. The van der Waals surface area contributed by atoms with Gasteiger partial charge in [-0.05, 0) is 71.8 Å². The van der Waals surface area contributed by atoms with Crippen molar-refractivity contribution in [2.24, 2.45) is 0 Å². The molecule has 4 heteroatoms. The minimum Gasteiger partial charge on any atom is -0.436 e. The zero-order valence-corrected chi connectivity index (χ0v) is 12.9. The lowest BCUT2D eigenvalue weighted by Crippen LogP contribution is -1.85. The molecule has 0 bridgehead atoms. The fraction of sp³-hybridized carbons (Fsp3) is 0.133. The van der Waals surface area contributed by atoms with Gasteiger partial charge in [-0.2, -0.15) is 0 Å². The number of hydrogen-bond donors (Lipinski definition) is 1. The number of halogens is 1. The Morgan fingerprint density at radius 1 is 1.11 bits per heavy atom. The van der Waals surface area contributed by atoms with Gasteiger partial charge in [-0.15, -0.1) is 0 Å². The molecular weight excluding hydrogens is 351 g/mol. The predicted molar refractivity (Wildman–Crippen MR) is 86.0 cm³/mol. The van der Waals surface area contributed by atoms with E-state index in [2.05, 4.69) is 46.6 Å². The number of fused-ring (bicyclic) bond motifs is 1. The van der Waals surface area contributed by atoms with E-state index >= 15 is 0 Å². The van der Waals surface area contributed by atoms with Crippen LogP contribution in [0.2, 0.25) is 0 Å². The van der Waals surface area contributed by atoms with Crippen LogP contribution in [0.1, 0.15) is 11.1 Å². The molecular formula is C15H13IN2O. The van der Waals surface area contributed by atoms with Crippen molar-refractivity contribution in [3.8, 4) is 11.5 Å². The Balaban J connectivity index is 2.20. The molecule has 3 rings (SSSR count). The predicted octanol–water partition coefficient (Wildman–Crippen LogP) is 4.30. The number of nitrogen functional groups attached to an aromatic ring is 1. The molecule has 0 unspecified atom stereocenters. The van der Waals surface area contributed by atoms with Crippen LogP contribution in [0.5, 0.6) is 0 Å². The van der Waals surface area contributed by atoms with Gasteiger partial charge in [0.05, 0.1) is 0 Å². The zero-order valence-electron chi connectivity index (χ0n) is 10.7. The van der Waals surface area contributed by atoms with Gasteiger partial charge in [0.2, 0.25) is 5.89 Å². The lowest BCUT2D eigenvalue weighted by atomic mass is 10.1. The van der Waals surface area contributed by atoms with Crippen molar-refractivity contribution < 1.29 is 4.42 Å². The summed E-state index contributed by atoms with van der Waals surface area (Å²) in [6.07, 6.45) is 0. The standard InChI is InChI=1S/C15H13IN2O/c1-8-3-4-10(6-12(8)16)15-18-13-7-11(17)5-9(2)14(13)19-15/h3-7H,17H2,1-2H3. The number of rotatable bonds is 1. The average molecular weight is 364 g/mol. The number of nitrogens with zero attached hydrogens (tertiary/aromatic N) is 1. The summed E-state index contributed by atoms with van der Waals surface area (Å²) in [5, 5.41) is 0. The van der Waals surface area contributed by atoms with E-state index in [-0.39, 0.29) is 0 Å². The summed E-state index contributed by atoms with van der Waals surface area (Å²) in [7, 11) is 0. The summed E-state index contributed by atoms with van der Waals surface area (Å²) in [4.78, 5) is 4.53. The van der Waals surface area contributed by atoms with E-state index in [1.807, 2.05) is 25.1 Å². The van der Waals surface area contributed by atoms with Crippen LogP contribution < -0.4 is 5.73 Å². The Labute approximate surface area is 125 Å². The van der Waals surface area contributed by atoms with Crippen molar-refractivity contribution >= 4 is 39.4 Å². The Bertz CT molecular complexity index is 777. The zero-order chi connectivity index (χ0) is 13.6. The molecule has 1 aromatic heterocycles. The highest BCUT2D eigenvalue weighted by molar-refractivity contribution is 14.1. The van der Waals surface area contributed by atoms with Crippen LogP contribution in [0.3, 0.4) is 0 Å². The summed E-state index contributed by atoms with van der Waals surface area (Å²) in [6, 6.07) is 9.93. The van der Waals surface area contributed by atoms with Gasteiger partial charge in [0.15, 0.2) is 5.58 Å². The number of aromatic nitrogens is 1. The Morgan fingerprint density at radius 3 is 2.63 bits per heavy atom. The molecule has 3 nitrogen and oxygen atoms in total. The maximum Gasteiger partial charge on any atom is 0.227 e. The molecule has 0 fully saturated rings. The highest BCUT2D eigenvalue weighted by Crippen LogP contribution is 2.29. The van der Waals surface area contributed by atoms with Crippen LogP contribution in [0.4, 0.5) is 5.69 Å². The molecule has 0 aliphatic carbocycles. The van der Waals surface area contributed by atoms with Gasteiger partial charge in [-0.1, -0.05) is 6.07 Å². The summed E-state index contributed by atoms with van der Waals surface area (Å²) < 4.78 is 7.07. The first kappa shape index (κ1) is 12.5. The average Bonchev–Trinajstić information content (AvgIpc) is 2.76. The van der Waals surface area contributed by atoms with Gasteiger partial charge in [0.25, 0.3) is 0 Å². The lowest BCUT2D eigenvalue weighted by Gasteiger charge is -1.99. The molecule has 0 atom stereocenters. The Kier molecular flexibility index (Phi) is 2.97.